The molecule has 0 saturated heterocycles. The van der Waals surface area contributed by atoms with Gasteiger partial charge in [-0.25, -0.2) is 0 Å². The van der Waals surface area contributed by atoms with Crippen molar-refractivity contribution < 1.29 is 4.11 Å². The summed E-state index contributed by atoms with van der Waals surface area (Å²) in [6.45, 7) is 1.78. The maximum atomic E-state index is 8.23. The molecular weight excluding hydrogens is 170 g/mol. The quantitative estimate of drug-likeness (QED) is 0.658. The van der Waals surface area contributed by atoms with Gasteiger partial charge in [0.15, 0.2) is 0 Å². The van der Waals surface area contributed by atoms with E-state index in [1.807, 2.05) is 6.07 Å². The molecule has 1 heteroatoms. The second-order valence-corrected chi connectivity index (χ2v) is 3.14. The average molecular weight is 190 g/mol. The SMILES string of the molecule is [2H]C([2H])(c1ccccc1)[C@@]([2H])(C)N(C)CC#C. The van der Waals surface area contributed by atoms with Crippen molar-refractivity contribution in [1.29, 1.82) is 0 Å². The summed E-state index contributed by atoms with van der Waals surface area (Å²) < 4.78 is 24.5. The molecule has 1 rings (SSSR count). The van der Waals surface area contributed by atoms with Gasteiger partial charge in [-0.05, 0) is 25.9 Å². The van der Waals surface area contributed by atoms with Crippen LogP contribution in [0.3, 0.4) is 0 Å². The van der Waals surface area contributed by atoms with Gasteiger partial charge in [-0.15, -0.1) is 6.42 Å². The smallest absolute Gasteiger partial charge is 0.0598 e. The summed E-state index contributed by atoms with van der Waals surface area (Å²) in [5.41, 5.74) is 0.487. The number of nitrogens with zero attached hydrogens (tertiary/aromatic N) is 1. The molecule has 0 aliphatic carbocycles. The molecule has 1 nitrogen and oxygen atoms in total. The highest BCUT2D eigenvalue weighted by Crippen LogP contribution is 2.06. The lowest BCUT2D eigenvalue weighted by Crippen LogP contribution is -2.31. The van der Waals surface area contributed by atoms with Crippen LogP contribution in [0.1, 0.15) is 16.6 Å². The topological polar surface area (TPSA) is 3.24 Å². The molecular formula is C13H17N. The van der Waals surface area contributed by atoms with Crippen LogP contribution in [0.5, 0.6) is 0 Å². The minimum Gasteiger partial charge on any atom is -0.292 e. The van der Waals surface area contributed by atoms with E-state index in [-0.39, 0.29) is 6.54 Å². The summed E-state index contributed by atoms with van der Waals surface area (Å²) >= 11 is 0. The lowest BCUT2D eigenvalue weighted by Gasteiger charge is -2.22. The van der Waals surface area contributed by atoms with Gasteiger partial charge in [0.25, 0.3) is 0 Å². The molecule has 14 heavy (non-hydrogen) atoms. The molecule has 1 atom stereocenters. The minimum absolute atomic E-state index is 0.242. The Kier molecular flexibility index (Phi) is 2.77. The van der Waals surface area contributed by atoms with Gasteiger partial charge in [0.05, 0.1) is 6.54 Å². The molecule has 0 unspecified atom stereocenters. The number of hydrogen-bond acceptors (Lipinski definition) is 1. The van der Waals surface area contributed by atoms with Crippen molar-refractivity contribution in [2.45, 2.75) is 19.3 Å². The third-order valence-electron chi connectivity index (χ3n) is 2.00. The highest BCUT2D eigenvalue weighted by molar-refractivity contribution is 5.15. The van der Waals surface area contributed by atoms with Crippen molar-refractivity contribution in [2.75, 3.05) is 13.6 Å². The van der Waals surface area contributed by atoms with Gasteiger partial charge in [0.2, 0.25) is 0 Å². The van der Waals surface area contributed by atoms with Crippen molar-refractivity contribution in [3.63, 3.8) is 0 Å². The van der Waals surface area contributed by atoms with Crippen molar-refractivity contribution in [3.05, 3.63) is 35.9 Å². The largest absolute Gasteiger partial charge is 0.292 e. The fourth-order valence-electron chi connectivity index (χ4n) is 1.08. The predicted octanol–water partition coefficient (Wildman–Crippen LogP) is 2.18. The van der Waals surface area contributed by atoms with Crippen LogP contribution in [-0.2, 0) is 6.37 Å². The number of likely N-dealkylation sites (N-methyl/N-ethyl adjacent to an activating group) is 1. The van der Waals surface area contributed by atoms with Crippen LogP contribution in [0.15, 0.2) is 30.3 Å². The Morgan fingerprint density at radius 3 is 2.79 bits per heavy atom. The summed E-state index contributed by atoms with van der Waals surface area (Å²) in [7, 11) is 1.66. The number of terminal acetylenes is 1. The molecule has 0 bridgehead atoms. The van der Waals surface area contributed by atoms with Crippen LogP contribution in [-0.4, -0.2) is 24.5 Å². The second-order valence-electron chi connectivity index (χ2n) is 3.14. The summed E-state index contributed by atoms with van der Waals surface area (Å²) in [6, 6.07) is 7.33. The Hall–Kier alpha value is -1.26. The van der Waals surface area contributed by atoms with Crippen LogP contribution in [0, 0.1) is 12.3 Å². The first kappa shape index (κ1) is 7.09. The van der Waals surface area contributed by atoms with E-state index < -0.39 is 12.4 Å². The van der Waals surface area contributed by atoms with Gasteiger partial charge in [0, 0.05) is 10.1 Å². The number of hydrogen-bond donors (Lipinski definition) is 0. The zero-order valence-corrected chi connectivity index (χ0v) is 8.62. The normalized spacial score (nSPS) is 18.9. The van der Waals surface area contributed by atoms with Crippen LogP contribution >= 0.6 is 0 Å². The second kappa shape index (κ2) is 5.47. The molecule has 1 aromatic rings. The van der Waals surface area contributed by atoms with Crippen LogP contribution in [0.2, 0.25) is 0 Å². The lowest BCUT2D eigenvalue weighted by molar-refractivity contribution is 0.287. The zero-order chi connectivity index (χ0) is 13.1. The maximum Gasteiger partial charge on any atom is 0.0598 e. The molecule has 0 heterocycles. The molecule has 74 valence electrons. The Labute approximate surface area is 91.0 Å². The average Bonchev–Trinajstić information content (AvgIpc) is 2.30. The molecule has 0 N–H and O–H groups in total. The van der Waals surface area contributed by atoms with Crippen LogP contribution < -0.4 is 0 Å². The van der Waals surface area contributed by atoms with E-state index in [1.54, 1.807) is 31.3 Å². The standard InChI is InChI=1S/C13H17N/c1-4-10-14(3)12(2)11-13-8-6-5-7-9-13/h1,5-9,12H,10-11H2,2-3H3/t12-/m1/s1/i11D2,12D. The van der Waals surface area contributed by atoms with Gasteiger partial charge in [-0.1, -0.05) is 36.3 Å². The Bertz CT molecular complexity index is 406. The summed E-state index contributed by atoms with van der Waals surface area (Å²) in [5.74, 6) is 2.44. The molecule has 0 aliphatic rings. The van der Waals surface area contributed by atoms with E-state index in [9.17, 15) is 0 Å². The van der Waals surface area contributed by atoms with E-state index in [2.05, 4.69) is 5.92 Å². The van der Waals surface area contributed by atoms with Gasteiger partial charge in [0.1, 0.15) is 0 Å². The Morgan fingerprint density at radius 2 is 2.21 bits per heavy atom. The molecule has 0 radical (unpaired) electrons. The molecule has 0 aliphatic heterocycles. The summed E-state index contributed by atoms with van der Waals surface area (Å²) in [6.07, 6.45) is 3.42. The Balaban J connectivity index is 3.09. The molecule has 0 aromatic heterocycles. The van der Waals surface area contributed by atoms with Gasteiger partial charge in [-0.2, -0.15) is 0 Å². The monoisotopic (exact) mass is 190 g/mol. The van der Waals surface area contributed by atoms with E-state index in [0.29, 0.717) is 5.56 Å². The first-order valence-electron chi connectivity index (χ1n) is 6.04. The number of benzene rings is 1. The summed E-state index contributed by atoms with van der Waals surface area (Å²) in [5, 5.41) is 0. The first-order valence-corrected chi connectivity index (χ1v) is 4.54. The molecule has 0 saturated carbocycles. The minimum atomic E-state index is -1.79. The fraction of sp³-hybridized carbons (Fsp3) is 0.385. The van der Waals surface area contributed by atoms with Crippen molar-refractivity contribution in [3.8, 4) is 12.3 Å². The van der Waals surface area contributed by atoms with E-state index in [4.69, 9.17) is 10.5 Å². The molecule has 0 amide bonds. The van der Waals surface area contributed by atoms with Gasteiger partial charge in [-0.3, -0.25) is 4.90 Å². The third kappa shape index (κ3) is 3.24. The third-order valence-corrected chi connectivity index (χ3v) is 2.00. The summed E-state index contributed by atoms with van der Waals surface area (Å²) in [4.78, 5) is 1.53. The van der Waals surface area contributed by atoms with Crippen molar-refractivity contribution >= 4 is 0 Å². The fourth-order valence-corrected chi connectivity index (χ4v) is 1.08. The molecule has 1 aromatic carbocycles. The highest BCUT2D eigenvalue weighted by atomic mass is 15.1. The van der Waals surface area contributed by atoms with E-state index >= 15 is 0 Å². The van der Waals surface area contributed by atoms with E-state index in [0.717, 1.165) is 0 Å². The first-order chi connectivity index (χ1) is 7.84. The van der Waals surface area contributed by atoms with Crippen molar-refractivity contribution in [2.24, 2.45) is 0 Å². The highest BCUT2D eigenvalue weighted by Gasteiger charge is 2.07. The van der Waals surface area contributed by atoms with Crippen LogP contribution in [0.4, 0.5) is 0 Å². The van der Waals surface area contributed by atoms with Crippen LogP contribution in [0.25, 0.3) is 0 Å². The zero-order valence-electron chi connectivity index (χ0n) is 11.6. The van der Waals surface area contributed by atoms with Crippen molar-refractivity contribution in [1.82, 2.24) is 4.90 Å². The predicted molar refractivity (Wildman–Crippen MR) is 61.1 cm³/mol. The maximum absolute atomic E-state index is 8.23. The van der Waals surface area contributed by atoms with Gasteiger partial charge < -0.3 is 0 Å². The molecule has 0 spiro atoms. The van der Waals surface area contributed by atoms with Gasteiger partial charge >= 0.3 is 0 Å². The number of rotatable bonds is 4. The van der Waals surface area contributed by atoms with E-state index in [1.165, 1.54) is 11.8 Å². The molecule has 0 fully saturated rings. The lowest BCUT2D eigenvalue weighted by atomic mass is 10.1. The Morgan fingerprint density at radius 1 is 1.57 bits per heavy atom.